The molecule has 0 radical (unpaired) electrons. The molecule has 0 aromatic heterocycles. The fourth-order valence-corrected chi connectivity index (χ4v) is 5.47. The van der Waals surface area contributed by atoms with E-state index in [-0.39, 0.29) is 17.0 Å². The fourth-order valence-electron chi connectivity index (χ4n) is 4.38. The minimum absolute atomic E-state index is 0.0135. The maximum Gasteiger partial charge on any atom is 0.327 e. The van der Waals surface area contributed by atoms with Crippen molar-refractivity contribution in [2.24, 2.45) is 0 Å². The van der Waals surface area contributed by atoms with Gasteiger partial charge in [0.1, 0.15) is 6.04 Å². The van der Waals surface area contributed by atoms with E-state index in [1.165, 1.54) is 55.2 Å². The van der Waals surface area contributed by atoms with Gasteiger partial charge in [0.15, 0.2) is 0 Å². The summed E-state index contributed by atoms with van der Waals surface area (Å²) in [6.07, 6.45) is 9.93. The maximum absolute atomic E-state index is 12.8. The molecule has 1 amide bonds. The van der Waals surface area contributed by atoms with Crippen LogP contribution in [0.1, 0.15) is 87.9 Å². The topological polar surface area (TPSA) is 141 Å². The monoisotopic (exact) mass is 560 g/mol. The lowest BCUT2D eigenvalue weighted by molar-refractivity contribution is -0.144. The Morgan fingerprint density at radius 2 is 1.36 bits per heavy atom. The van der Waals surface area contributed by atoms with E-state index < -0.39 is 40.3 Å². The minimum atomic E-state index is -3.85. The van der Waals surface area contributed by atoms with Gasteiger partial charge in [-0.3, -0.25) is 9.59 Å². The molecule has 1 atom stereocenters. The van der Waals surface area contributed by atoms with E-state index in [1.54, 1.807) is 36.4 Å². The molecular formula is C29H40N2O7S. The van der Waals surface area contributed by atoms with Crippen molar-refractivity contribution in [2.45, 2.75) is 83.6 Å². The number of unbranched alkanes of at least 4 members (excludes halogenated alkanes) is 9. The normalized spacial score (nSPS) is 12.0. The van der Waals surface area contributed by atoms with Gasteiger partial charge in [0, 0.05) is 16.9 Å². The third-order valence-electron chi connectivity index (χ3n) is 6.40. The number of sulfonamides is 1. The first kappa shape index (κ1) is 31.8. The predicted octanol–water partition coefficient (Wildman–Crippen LogP) is 5.73. The molecule has 10 heteroatoms. The molecule has 0 bridgehead atoms. The average molecular weight is 561 g/mol. The number of carbonyl (C=O) groups is 3. The molecule has 39 heavy (non-hydrogen) atoms. The smallest absolute Gasteiger partial charge is 0.327 e. The van der Waals surface area contributed by atoms with Crippen LogP contribution in [0.3, 0.4) is 0 Å². The Morgan fingerprint density at radius 3 is 1.92 bits per heavy atom. The number of nitrogens with one attached hydrogen (secondary N) is 1. The minimum Gasteiger partial charge on any atom is -0.481 e. The van der Waals surface area contributed by atoms with Gasteiger partial charge in [-0.05, 0) is 36.8 Å². The molecule has 0 fully saturated rings. The number of nitrogens with zero attached hydrogens (tertiary/aromatic N) is 1. The quantitative estimate of drug-likeness (QED) is 0.185. The van der Waals surface area contributed by atoms with Crippen molar-refractivity contribution in [3.05, 3.63) is 60.2 Å². The van der Waals surface area contributed by atoms with E-state index in [0.717, 1.165) is 25.7 Å². The predicted molar refractivity (Wildman–Crippen MR) is 152 cm³/mol. The number of anilines is 2. The van der Waals surface area contributed by atoms with Crippen LogP contribution in [0, 0.1) is 0 Å². The number of rotatable bonds is 19. The highest BCUT2D eigenvalue weighted by molar-refractivity contribution is 7.90. The van der Waals surface area contributed by atoms with Crippen molar-refractivity contribution in [1.29, 1.82) is 0 Å². The molecule has 0 saturated carbocycles. The number of aliphatic carboxylic acids is 2. The van der Waals surface area contributed by atoms with Crippen LogP contribution < -0.4 is 9.62 Å². The zero-order valence-corrected chi connectivity index (χ0v) is 23.4. The van der Waals surface area contributed by atoms with Gasteiger partial charge in [-0.1, -0.05) is 89.0 Å². The highest BCUT2D eigenvalue weighted by Gasteiger charge is 2.30. The van der Waals surface area contributed by atoms with Gasteiger partial charge in [-0.2, -0.15) is 0 Å². The van der Waals surface area contributed by atoms with Crippen LogP contribution in [0.5, 0.6) is 0 Å². The van der Waals surface area contributed by atoms with Gasteiger partial charge in [-0.25, -0.2) is 17.9 Å². The lowest BCUT2D eigenvalue weighted by atomic mass is 10.1. The van der Waals surface area contributed by atoms with Crippen molar-refractivity contribution in [1.82, 2.24) is 4.72 Å². The van der Waals surface area contributed by atoms with E-state index in [4.69, 9.17) is 0 Å². The molecule has 1 unspecified atom stereocenters. The van der Waals surface area contributed by atoms with Crippen LogP contribution in [0.4, 0.5) is 11.4 Å². The van der Waals surface area contributed by atoms with Gasteiger partial charge in [0.2, 0.25) is 10.0 Å². The van der Waals surface area contributed by atoms with Crippen molar-refractivity contribution >= 4 is 39.2 Å². The molecule has 0 spiro atoms. The molecule has 9 nitrogen and oxygen atoms in total. The second kappa shape index (κ2) is 16.5. The number of carbonyl (C=O) groups excluding carboxylic acids is 1. The third-order valence-corrected chi connectivity index (χ3v) is 7.72. The Bertz CT molecular complexity index is 1170. The zero-order chi connectivity index (χ0) is 28.7. The number of amides is 1. The Balaban J connectivity index is 2.03. The molecule has 0 heterocycles. The summed E-state index contributed by atoms with van der Waals surface area (Å²) < 4.78 is 27.1. The molecule has 214 valence electrons. The highest BCUT2D eigenvalue weighted by atomic mass is 32.2. The number of carboxylic acids is 2. The first-order valence-corrected chi connectivity index (χ1v) is 15.2. The molecular weight excluding hydrogens is 520 g/mol. The Morgan fingerprint density at radius 1 is 0.795 bits per heavy atom. The lowest BCUT2D eigenvalue weighted by Gasteiger charge is -2.30. The molecule has 0 aliphatic rings. The molecule has 2 aromatic carbocycles. The van der Waals surface area contributed by atoms with Gasteiger partial charge >= 0.3 is 11.9 Å². The van der Waals surface area contributed by atoms with Crippen LogP contribution in [0.2, 0.25) is 0 Å². The Kier molecular flexibility index (Phi) is 13.5. The summed E-state index contributed by atoms with van der Waals surface area (Å²) in [6.45, 7) is 2.19. The number of carboxylic acid groups (broad SMARTS) is 2. The van der Waals surface area contributed by atoms with E-state index in [0.29, 0.717) is 12.1 Å². The van der Waals surface area contributed by atoms with Gasteiger partial charge < -0.3 is 15.1 Å². The van der Waals surface area contributed by atoms with Crippen LogP contribution in [-0.4, -0.2) is 48.3 Å². The van der Waals surface area contributed by atoms with Crippen molar-refractivity contribution in [3.63, 3.8) is 0 Å². The lowest BCUT2D eigenvalue weighted by Crippen LogP contribution is -2.40. The summed E-state index contributed by atoms with van der Waals surface area (Å²) in [7, 11) is -3.85. The summed E-state index contributed by atoms with van der Waals surface area (Å²) in [5.74, 6) is -3.64. The van der Waals surface area contributed by atoms with Gasteiger partial charge in [-0.15, -0.1) is 0 Å². The fraction of sp³-hybridized carbons (Fsp3) is 0.483. The first-order chi connectivity index (χ1) is 18.6. The van der Waals surface area contributed by atoms with Crippen molar-refractivity contribution in [3.8, 4) is 0 Å². The van der Waals surface area contributed by atoms with Crippen LogP contribution in [-0.2, 0) is 19.6 Å². The van der Waals surface area contributed by atoms with Gasteiger partial charge in [0.25, 0.3) is 5.91 Å². The standard InChI is InChI=1S/C29H40N2O7S/c1-2-3-4-5-6-7-8-9-10-14-20-39(37,38)30-28(34)23-16-15-19-25(21-23)31(24-17-12-11-13-18-24)26(29(35)36)22-27(32)33/h11-13,15-19,21,26H,2-10,14,20,22H2,1H3,(H,30,34)(H,32,33)(H,35,36). The van der Waals surface area contributed by atoms with Crippen molar-refractivity contribution in [2.75, 3.05) is 10.7 Å². The molecule has 0 aliphatic carbocycles. The van der Waals surface area contributed by atoms with E-state index in [2.05, 4.69) is 11.6 Å². The van der Waals surface area contributed by atoms with Crippen LogP contribution in [0.15, 0.2) is 54.6 Å². The SMILES string of the molecule is CCCCCCCCCCCCS(=O)(=O)NC(=O)c1cccc(N(c2ccccc2)C(CC(=O)O)C(=O)O)c1. The summed E-state index contributed by atoms with van der Waals surface area (Å²) in [4.78, 5) is 37.5. The molecule has 0 saturated heterocycles. The molecule has 2 rings (SSSR count). The zero-order valence-electron chi connectivity index (χ0n) is 22.5. The number of benzene rings is 2. The van der Waals surface area contributed by atoms with E-state index >= 15 is 0 Å². The number of hydrogen-bond acceptors (Lipinski definition) is 6. The second-order valence-electron chi connectivity index (χ2n) is 9.64. The van der Waals surface area contributed by atoms with Crippen LogP contribution in [0.25, 0.3) is 0 Å². The average Bonchev–Trinajstić information content (AvgIpc) is 2.89. The largest absolute Gasteiger partial charge is 0.481 e. The van der Waals surface area contributed by atoms with Gasteiger partial charge in [0.05, 0.1) is 12.2 Å². The Labute approximate surface area is 231 Å². The second-order valence-corrected chi connectivity index (χ2v) is 11.5. The molecule has 0 aliphatic heterocycles. The summed E-state index contributed by atoms with van der Waals surface area (Å²) in [6, 6.07) is 12.7. The Hall–Kier alpha value is -3.40. The van der Waals surface area contributed by atoms with Crippen molar-refractivity contribution < 1.29 is 33.0 Å². The maximum atomic E-state index is 12.8. The number of hydrogen-bond donors (Lipinski definition) is 3. The van der Waals surface area contributed by atoms with Crippen LogP contribution >= 0.6 is 0 Å². The summed E-state index contributed by atoms with van der Waals surface area (Å²) >= 11 is 0. The summed E-state index contributed by atoms with van der Waals surface area (Å²) in [5, 5.41) is 19.1. The number of para-hydroxylation sites is 1. The van der Waals surface area contributed by atoms with E-state index in [9.17, 15) is 33.0 Å². The molecule has 3 N–H and O–H groups in total. The third kappa shape index (κ3) is 11.5. The van der Waals surface area contributed by atoms with E-state index in [1.807, 2.05) is 0 Å². The highest BCUT2D eigenvalue weighted by Crippen LogP contribution is 2.30. The molecule has 2 aromatic rings. The first-order valence-electron chi connectivity index (χ1n) is 13.6. The summed E-state index contributed by atoms with van der Waals surface area (Å²) in [5.41, 5.74) is 0.673.